The van der Waals surface area contributed by atoms with Gasteiger partial charge >= 0.3 is 0 Å². The molecule has 0 saturated heterocycles. The second kappa shape index (κ2) is 7.25. The number of hydrogen-bond donors (Lipinski definition) is 2. The third kappa shape index (κ3) is 4.41. The molecule has 0 radical (unpaired) electrons. The van der Waals surface area contributed by atoms with E-state index >= 15 is 0 Å². The quantitative estimate of drug-likeness (QED) is 0.361. The average molecular weight is 347 g/mol. The molecule has 0 amide bonds. The Morgan fingerprint density at radius 1 is 1.04 bits per heavy atom. The number of carbonyl (C=O) groups excluding carboxylic acids is 1. The topological polar surface area (TPSA) is 159 Å². The number of nitrogens with zero attached hydrogens (tertiary/aromatic N) is 2. The second-order valence-corrected chi connectivity index (χ2v) is 5.05. The van der Waals surface area contributed by atoms with Gasteiger partial charge in [0.25, 0.3) is 11.4 Å². The van der Waals surface area contributed by atoms with Gasteiger partial charge in [0.15, 0.2) is 5.78 Å². The number of Topliss-reactive ketones (excluding diaryl/α,β-unsaturated/α-hetero) is 1. The predicted octanol–water partition coefficient (Wildman–Crippen LogP) is 1.98. The highest BCUT2D eigenvalue weighted by atomic mass is 16.6. The average Bonchev–Trinajstić information content (AvgIpc) is 2.57. The van der Waals surface area contributed by atoms with Crippen molar-refractivity contribution in [3.8, 4) is 11.5 Å². The minimum Gasteiger partial charge on any atom is -0.506 e. The van der Waals surface area contributed by atoms with Gasteiger partial charge in [0, 0.05) is 36.2 Å². The fourth-order valence-corrected chi connectivity index (χ4v) is 2.04. The maximum absolute atomic E-state index is 11.0. The molecule has 0 bridgehead atoms. The molecule has 10 heteroatoms. The first-order valence-corrected chi connectivity index (χ1v) is 6.92. The summed E-state index contributed by atoms with van der Waals surface area (Å²) in [4.78, 5) is 30.5. The van der Waals surface area contributed by atoms with Crippen molar-refractivity contribution in [1.29, 1.82) is 0 Å². The lowest BCUT2D eigenvalue weighted by atomic mass is 10.1. The van der Waals surface area contributed by atoms with Gasteiger partial charge in [-0.3, -0.25) is 25.0 Å². The minimum absolute atomic E-state index is 0.0120. The first-order chi connectivity index (χ1) is 11.8. The lowest BCUT2D eigenvalue weighted by Gasteiger charge is -2.15. The highest BCUT2D eigenvalue weighted by Gasteiger charge is 2.19. The Labute approximate surface area is 140 Å². The Balaban J connectivity index is 0.000000186. The molecular formula is C15H13N3O7. The molecule has 3 rings (SSSR count). The number of nitrogens with two attached hydrogens (primary N) is 1. The van der Waals surface area contributed by atoms with Crippen LogP contribution in [0.3, 0.4) is 0 Å². The number of aromatic hydroxyl groups is 1. The molecule has 130 valence electrons. The van der Waals surface area contributed by atoms with Crippen LogP contribution in [0.2, 0.25) is 0 Å². The summed E-state index contributed by atoms with van der Waals surface area (Å²) in [7, 11) is 0. The Bertz CT molecular complexity index is 851. The van der Waals surface area contributed by atoms with E-state index in [0.29, 0.717) is 11.3 Å². The van der Waals surface area contributed by atoms with Crippen LogP contribution in [0.4, 0.5) is 17.1 Å². The maximum Gasteiger partial charge on any atom is 0.271 e. The Morgan fingerprint density at radius 2 is 1.64 bits per heavy atom. The second-order valence-electron chi connectivity index (χ2n) is 5.05. The van der Waals surface area contributed by atoms with Gasteiger partial charge in [-0.1, -0.05) is 0 Å². The molecule has 25 heavy (non-hydrogen) atoms. The summed E-state index contributed by atoms with van der Waals surface area (Å²) in [5, 5.41) is 29.5. The van der Waals surface area contributed by atoms with Crippen molar-refractivity contribution >= 4 is 22.8 Å². The van der Waals surface area contributed by atoms with E-state index in [2.05, 4.69) is 0 Å². The van der Waals surface area contributed by atoms with Crippen LogP contribution in [0.15, 0.2) is 36.4 Å². The van der Waals surface area contributed by atoms with E-state index in [1.807, 2.05) is 0 Å². The number of phenols is 1. The van der Waals surface area contributed by atoms with Crippen LogP contribution < -0.4 is 10.5 Å². The van der Waals surface area contributed by atoms with E-state index in [4.69, 9.17) is 15.6 Å². The molecule has 1 aliphatic heterocycles. The highest BCUT2D eigenvalue weighted by molar-refractivity contribution is 5.84. The maximum atomic E-state index is 11.0. The lowest BCUT2D eigenvalue weighted by molar-refractivity contribution is -0.385. The van der Waals surface area contributed by atoms with Gasteiger partial charge in [0.2, 0.25) is 0 Å². The number of non-ortho nitro benzene ring substituents is 2. The third-order valence-corrected chi connectivity index (χ3v) is 3.25. The van der Waals surface area contributed by atoms with Crippen LogP contribution in [0.5, 0.6) is 11.5 Å². The van der Waals surface area contributed by atoms with Crippen molar-refractivity contribution in [2.24, 2.45) is 0 Å². The fraction of sp³-hybridized carbons (Fsp3) is 0.133. The van der Waals surface area contributed by atoms with Crippen LogP contribution >= 0.6 is 0 Å². The normalized spacial score (nSPS) is 12.2. The van der Waals surface area contributed by atoms with E-state index in [-0.39, 0.29) is 41.6 Å². The Morgan fingerprint density at radius 3 is 2.24 bits per heavy atom. The Kier molecular flexibility index (Phi) is 5.12. The van der Waals surface area contributed by atoms with Gasteiger partial charge in [0.1, 0.15) is 18.1 Å². The SMILES string of the molecule is Nc1cc([N+](=O)[O-])ccc1O.O=C1COc2ccc([N+](=O)[O-])cc2C1. The molecule has 0 fully saturated rings. The zero-order valence-electron chi connectivity index (χ0n) is 12.7. The molecular weight excluding hydrogens is 334 g/mol. The first-order valence-electron chi connectivity index (χ1n) is 6.92. The number of rotatable bonds is 2. The van der Waals surface area contributed by atoms with Gasteiger partial charge < -0.3 is 15.6 Å². The monoisotopic (exact) mass is 347 g/mol. The molecule has 2 aromatic carbocycles. The number of phenolic OH excluding ortho intramolecular Hbond substituents is 1. The molecule has 10 nitrogen and oxygen atoms in total. The minimum atomic E-state index is -0.574. The number of hydrogen-bond acceptors (Lipinski definition) is 8. The molecule has 1 heterocycles. The van der Waals surface area contributed by atoms with Gasteiger partial charge in [-0.05, 0) is 12.1 Å². The largest absolute Gasteiger partial charge is 0.506 e. The molecule has 0 atom stereocenters. The van der Waals surface area contributed by atoms with Crippen molar-refractivity contribution in [3.05, 3.63) is 62.2 Å². The van der Waals surface area contributed by atoms with Crippen molar-refractivity contribution in [1.82, 2.24) is 0 Å². The van der Waals surface area contributed by atoms with Gasteiger partial charge in [0.05, 0.1) is 15.5 Å². The standard InChI is InChI=1S/C9H7NO4.C6H6N2O3/c11-8-4-6-3-7(10(12)13)1-2-9(6)14-5-8;7-5-3-4(8(10)11)1-2-6(5)9/h1-3H,4-5H2;1-3,9H,7H2. The fourth-order valence-electron chi connectivity index (χ4n) is 2.04. The van der Waals surface area contributed by atoms with E-state index in [9.17, 15) is 25.0 Å². The first kappa shape index (κ1) is 17.7. The van der Waals surface area contributed by atoms with Gasteiger partial charge in [-0.25, -0.2) is 0 Å². The van der Waals surface area contributed by atoms with Crippen molar-refractivity contribution in [2.45, 2.75) is 6.42 Å². The molecule has 0 saturated carbocycles. The number of benzene rings is 2. The number of nitro groups is 2. The lowest BCUT2D eigenvalue weighted by Crippen LogP contribution is -2.20. The zero-order valence-corrected chi connectivity index (χ0v) is 12.7. The number of ether oxygens (including phenoxy) is 1. The highest BCUT2D eigenvalue weighted by Crippen LogP contribution is 2.27. The number of ketones is 1. The number of carbonyl (C=O) groups is 1. The predicted molar refractivity (Wildman–Crippen MR) is 86.5 cm³/mol. The van der Waals surface area contributed by atoms with E-state index in [1.165, 1.54) is 30.3 Å². The van der Waals surface area contributed by atoms with Crippen molar-refractivity contribution in [2.75, 3.05) is 12.3 Å². The van der Waals surface area contributed by atoms with E-state index < -0.39 is 9.85 Å². The van der Waals surface area contributed by atoms with Gasteiger partial charge in [-0.15, -0.1) is 0 Å². The third-order valence-electron chi connectivity index (χ3n) is 3.25. The molecule has 0 aliphatic carbocycles. The van der Waals surface area contributed by atoms with Crippen molar-refractivity contribution in [3.63, 3.8) is 0 Å². The summed E-state index contributed by atoms with van der Waals surface area (Å²) in [5.74, 6) is 0.365. The summed E-state index contributed by atoms with van der Waals surface area (Å²) >= 11 is 0. The van der Waals surface area contributed by atoms with Crippen LogP contribution in [-0.4, -0.2) is 27.3 Å². The van der Waals surface area contributed by atoms with E-state index in [1.54, 1.807) is 0 Å². The van der Waals surface area contributed by atoms with Crippen LogP contribution in [0.25, 0.3) is 0 Å². The molecule has 1 aliphatic rings. The van der Waals surface area contributed by atoms with E-state index in [0.717, 1.165) is 6.07 Å². The molecule has 2 aromatic rings. The summed E-state index contributed by atoms with van der Waals surface area (Å²) < 4.78 is 5.10. The summed E-state index contributed by atoms with van der Waals surface area (Å²) in [6, 6.07) is 7.76. The molecule has 0 aromatic heterocycles. The number of nitro benzene ring substituents is 2. The summed E-state index contributed by atoms with van der Waals surface area (Å²) in [6.45, 7) is 0.0603. The number of fused-ring (bicyclic) bond motifs is 1. The molecule has 0 spiro atoms. The molecule has 3 N–H and O–H groups in total. The zero-order chi connectivity index (χ0) is 18.6. The van der Waals surface area contributed by atoms with Gasteiger partial charge in [-0.2, -0.15) is 0 Å². The van der Waals surface area contributed by atoms with Crippen LogP contribution in [0, 0.1) is 20.2 Å². The number of anilines is 1. The molecule has 0 unspecified atom stereocenters. The smallest absolute Gasteiger partial charge is 0.271 e. The van der Waals surface area contributed by atoms with Crippen molar-refractivity contribution < 1.29 is 24.5 Å². The van der Waals surface area contributed by atoms with Crippen LogP contribution in [0.1, 0.15) is 5.56 Å². The van der Waals surface area contributed by atoms with Crippen LogP contribution in [-0.2, 0) is 11.2 Å². The number of nitrogen functional groups attached to an aromatic ring is 1. The Hall–Kier alpha value is -3.69. The summed E-state index contributed by atoms with van der Waals surface area (Å²) in [5.41, 5.74) is 5.67. The summed E-state index contributed by atoms with van der Waals surface area (Å²) in [6.07, 6.45) is 0.219.